The summed E-state index contributed by atoms with van der Waals surface area (Å²) in [7, 11) is -4.03. The number of hydrazine groups is 1. The fourth-order valence-corrected chi connectivity index (χ4v) is 4.50. The van der Waals surface area contributed by atoms with E-state index >= 15 is 0 Å². The average molecular weight is 497 g/mol. The van der Waals surface area contributed by atoms with E-state index in [0.29, 0.717) is 10.8 Å². The number of hydrogen-bond donors (Lipinski definition) is 4. The summed E-state index contributed by atoms with van der Waals surface area (Å²) >= 11 is 6.01. The molecule has 1 aromatic heterocycles. The van der Waals surface area contributed by atoms with Crippen molar-refractivity contribution in [2.24, 2.45) is 0 Å². The smallest absolute Gasteiger partial charge is 0.286 e. The Bertz CT molecular complexity index is 1580. The highest BCUT2D eigenvalue weighted by atomic mass is 35.5. The average Bonchev–Trinajstić information content (AvgIpc) is 2.83. The lowest BCUT2D eigenvalue weighted by Gasteiger charge is -2.11. The van der Waals surface area contributed by atoms with Crippen LogP contribution in [-0.2, 0) is 10.0 Å². The van der Waals surface area contributed by atoms with Gasteiger partial charge in [0.05, 0.1) is 15.6 Å². The van der Waals surface area contributed by atoms with E-state index in [1.54, 1.807) is 36.4 Å². The van der Waals surface area contributed by atoms with Gasteiger partial charge in [-0.1, -0.05) is 48.0 Å². The molecule has 2 amide bonds. The molecule has 4 rings (SSSR count). The summed E-state index contributed by atoms with van der Waals surface area (Å²) in [6.45, 7) is 0. The third-order valence-corrected chi connectivity index (χ3v) is 6.51. The summed E-state index contributed by atoms with van der Waals surface area (Å²) in [4.78, 5) is 39.4. The Labute approximate surface area is 198 Å². The van der Waals surface area contributed by atoms with Gasteiger partial charge in [-0.25, -0.2) is 8.42 Å². The Hall–Kier alpha value is -4.15. The number of rotatable bonds is 5. The maximum atomic E-state index is 12.7. The second-order valence-electron chi connectivity index (χ2n) is 7.12. The largest absolute Gasteiger partial charge is 0.317 e. The van der Waals surface area contributed by atoms with Crippen molar-refractivity contribution in [3.63, 3.8) is 0 Å². The van der Waals surface area contributed by atoms with E-state index in [4.69, 9.17) is 11.6 Å². The van der Waals surface area contributed by atoms with Crippen LogP contribution in [-0.4, -0.2) is 25.2 Å². The highest BCUT2D eigenvalue weighted by molar-refractivity contribution is 7.92. The summed E-state index contributed by atoms with van der Waals surface area (Å²) < 4.78 is 27.8. The highest BCUT2D eigenvalue weighted by Crippen LogP contribution is 2.24. The predicted molar refractivity (Wildman–Crippen MR) is 128 cm³/mol. The third-order valence-electron chi connectivity index (χ3n) is 4.81. The minimum atomic E-state index is -4.03. The molecule has 172 valence electrons. The van der Waals surface area contributed by atoms with Crippen molar-refractivity contribution in [1.82, 2.24) is 15.8 Å². The van der Waals surface area contributed by atoms with Crippen LogP contribution in [0.5, 0.6) is 0 Å². The lowest BCUT2D eigenvalue weighted by Crippen LogP contribution is -2.42. The first-order valence-corrected chi connectivity index (χ1v) is 11.7. The van der Waals surface area contributed by atoms with Gasteiger partial charge in [-0.05, 0) is 47.9 Å². The molecule has 0 aliphatic heterocycles. The fraction of sp³-hybridized carbons (Fsp3) is 0. The van der Waals surface area contributed by atoms with Crippen LogP contribution in [0.1, 0.15) is 20.8 Å². The summed E-state index contributed by atoms with van der Waals surface area (Å²) in [5.74, 6) is -1.51. The second-order valence-corrected chi connectivity index (χ2v) is 9.21. The molecule has 34 heavy (non-hydrogen) atoms. The van der Waals surface area contributed by atoms with Gasteiger partial charge >= 0.3 is 0 Å². The van der Waals surface area contributed by atoms with Crippen molar-refractivity contribution in [1.29, 1.82) is 0 Å². The van der Waals surface area contributed by atoms with Crippen LogP contribution >= 0.6 is 11.6 Å². The number of nitrogens with one attached hydrogen (secondary N) is 4. The quantitative estimate of drug-likeness (QED) is 0.315. The van der Waals surface area contributed by atoms with E-state index in [9.17, 15) is 22.8 Å². The van der Waals surface area contributed by atoms with E-state index in [2.05, 4.69) is 20.6 Å². The molecule has 3 aromatic carbocycles. The Morgan fingerprint density at radius 2 is 1.53 bits per heavy atom. The van der Waals surface area contributed by atoms with Crippen LogP contribution in [0.3, 0.4) is 0 Å². The second kappa shape index (κ2) is 9.38. The van der Waals surface area contributed by atoms with E-state index in [-0.39, 0.29) is 26.9 Å². The molecule has 0 atom stereocenters. The van der Waals surface area contributed by atoms with Crippen LogP contribution in [0.4, 0.5) is 5.69 Å². The van der Waals surface area contributed by atoms with Crippen molar-refractivity contribution in [3.8, 4) is 0 Å². The van der Waals surface area contributed by atoms with Crippen molar-refractivity contribution in [2.75, 3.05) is 4.72 Å². The fourth-order valence-electron chi connectivity index (χ4n) is 3.14. The molecule has 0 aliphatic rings. The molecule has 4 aromatic rings. The molecule has 0 bridgehead atoms. The monoisotopic (exact) mass is 496 g/mol. The lowest BCUT2D eigenvalue weighted by molar-refractivity contribution is 0.0844. The molecule has 0 spiro atoms. The maximum absolute atomic E-state index is 12.7. The highest BCUT2D eigenvalue weighted by Gasteiger charge is 2.18. The normalized spacial score (nSPS) is 11.1. The number of aromatic amines is 1. The first kappa shape index (κ1) is 23.0. The van der Waals surface area contributed by atoms with E-state index in [1.807, 2.05) is 0 Å². The molecule has 0 aliphatic carbocycles. The number of aromatic nitrogens is 1. The maximum Gasteiger partial charge on any atom is 0.286 e. The third kappa shape index (κ3) is 4.92. The number of carbonyl (C=O) groups is 2. The van der Waals surface area contributed by atoms with Gasteiger partial charge in [0.2, 0.25) is 0 Å². The number of pyridine rings is 1. The van der Waals surface area contributed by atoms with Crippen LogP contribution in [0.25, 0.3) is 10.8 Å². The minimum absolute atomic E-state index is 0.0191. The van der Waals surface area contributed by atoms with Crippen LogP contribution in [0.2, 0.25) is 5.02 Å². The molecule has 0 radical (unpaired) electrons. The standard InChI is InChI=1S/C23H17ClN4O5S/c24-18-10-3-4-11-19(18)28-34(32,33)16-8-5-7-15(12-16)21(29)26-27-23(31)20-13-14-6-1-2-9-17(14)22(30)25-20/h1-13,28H,(H,25,30)(H,26,29)(H,27,31). The van der Waals surface area contributed by atoms with Gasteiger partial charge < -0.3 is 4.98 Å². The molecule has 0 saturated heterocycles. The van der Waals surface area contributed by atoms with Crippen LogP contribution in [0.15, 0.2) is 88.6 Å². The number of sulfonamides is 1. The van der Waals surface area contributed by atoms with Crippen molar-refractivity contribution in [3.05, 3.63) is 105 Å². The molecular weight excluding hydrogens is 480 g/mol. The zero-order chi connectivity index (χ0) is 24.3. The van der Waals surface area contributed by atoms with Crippen molar-refractivity contribution in [2.45, 2.75) is 4.90 Å². The molecule has 4 N–H and O–H groups in total. The zero-order valence-corrected chi connectivity index (χ0v) is 18.9. The number of benzene rings is 3. The van der Waals surface area contributed by atoms with Gasteiger partial charge in [0.25, 0.3) is 27.4 Å². The van der Waals surface area contributed by atoms with E-state index in [0.717, 1.165) is 6.07 Å². The molecule has 9 nitrogen and oxygen atoms in total. The van der Waals surface area contributed by atoms with Gasteiger partial charge in [-0.2, -0.15) is 0 Å². The molecule has 1 heterocycles. The first-order chi connectivity index (χ1) is 16.2. The number of carbonyl (C=O) groups excluding carboxylic acids is 2. The molecule has 0 saturated carbocycles. The van der Waals surface area contributed by atoms with Gasteiger partial charge in [-0.3, -0.25) is 30.0 Å². The van der Waals surface area contributed by atoms with Gasteiger partial charge in [0.15, 0.2) is 0 Å². The van der Waals surface area contributed by atoms with Gasteiger partial charge in [-0.15, -0.1) is 0 Å². The number of para-hydroxylation sites is 1. The number of H-pyrrole nitrogens is 1. The molecular formula is C23H17ClN4O5S. The number of fused-ring (bicyclic) bond motifs is 1. The Morgan fingerprint density at radius 1 is 0.824 bits per heavy atom. The SMILES string of the molecule is O=C(NNC(=O)c1cc2ccccc2c(=O)[nH]1)c1cccc(S(=O)(=O)Nc2ccccc2Cl)c1. The topological polar surface area (TPSA) is 137 Å². The number of halogens is 1. The Balaban J connectivity index is 1.48. The number of amides is 2. The first-order valence-electron chi connectivity index (χ1n) is 9.85. The zero-order valence-electron chi connectivity index (χ0n) is 17.3. The summed E-state index contributed by atoms with van der Waals surface area (Å²) in [6.07, 6.45) is 0. The lowest BCUT2D eigenvalue weighted by atomic mass is 10.1. The molecule has 11 heteroatoms. The number of hydrogen-bond acceptors (Lipinski definition) is 5. The predicted octanol–water partition coefficient (Wildman–Crippen LogP) is 3.06. The molecule has 0 unspecified atom stereocenters. The Kier molecular flexibility index (Phi) is 6.35. The van der Waals surface area contributed by atoms with Crippen LogP contribution < -0.4 is 21.1 Å². The number of anilines is 1. The van der Waals surface area contributed by atoms with E-state index in [1.165, 1.54) is 36.4 Å². The molecule has 0 fully saturated rings. The van der Waals surface area contributed by atoms with Gasteiger partial charge in [0, 0.05) is 10.9 Å². The summed E-state index contributed by atoms with van der Waals surface area (Å²) in [6, 6.07) is 19.8. The van der Waals surface area contributed by atoms with Crippen LogP contribution in [0, 0.1) is 0 Å². The van der Waals surface area contributed by atoms with E-state index < -0.39 is 27.4 Å². The minimum Gasteiger partial charge on any atom is -0.317 e. The van der Waals surface area contributed by atoms with Crippen molar-refractivity contribution < 1.29 is 18.0 Å². The Morgan fingerprint density at radius 3 is 2.32 bits per heavy atom. The summed E-state index contributed by atoms with van der Waals surface area (Å²) in [5.41, 5.74) is 4.08. The summed E-state index contributed by atoms with van der Waals surface area (Å²) in [5, 5.41) is 1.20. The van der Waals surface area contributed by atoms with Gasteiger partial charge in [0.1, 0.15) is 5.69 Å². The van der Waals surface area contributed by atoms with Crippen molar-refractivity contribution >= 4 is 49.9 Å².